The Morgan fingerprint density at radius 2 is 2.00 bits per heavy atom. The maximum absolute atomic E-state index is 9.33. The predicted molar refractivity (Wildman–Crippen MR) is 90.4 cm³/mol. The van der Waals surface area contributed by atoms with Crippen LogP contribution in [0.2, 0.25) is 5.02 Å². The van der Waals surface area contributed by atoms with Gasteiger partial charge in [0.05, 0.1) is 11.3 Å². The van der Waals surface area contributed by atoms with Gasteiger partial charge in [-0.05, 0) is 40.6 Å². The van der Waals surface area contributed by atoms with Gasteiger partial charge in [-0.25, -0.2) is 4.98 Å². The van der Waals surface area contributed by atoms with E-state index in [0.29, 0.717) is 10.6 Å². The highest BCUT2D eigenvalue weighted by atomic mass is 35.5. The number of nitriles is 1. The van der Waals surface area contributed by atoms with E-state index in [0.717, 1.165) is 21.8 Å². The second kappa shape index (κ2) is 6.23. The van der Waals surface area contributed by atoms with Crippen LogP contribution in [0, 0.1) is 11.3 Å². The first-order valence-electron chi connectivity index (χ1n) is 6.12. The van der Waals surface area contributed by atoms with E-state index in [-0.39, 0.29) is 0 Å². The van der Waals surface area contributed by atoms with Crippen molar-refractivity contribution in [2.24, 2.45) is 0 Å². The lowest BCUT2D eigenvalue weighted by Crippen LogP contribution is -1.82. The topological polar surface area (TPSA) is 36.7 Å². The van der Waals surface area contributed by atoms with Crippen molar-refractivity contribution in [1.29, 1.82) is 5.26 Å². The van der Waals surface area contributed by atoms with E-state index in [1.165, 1.54) is 11.3 Å². The first-order chi connectivity index (χ1) is 10.3. The number of hydrogen-bond donors (Lipinski definition) is 0. The first kappa shape index (κ1) is 14.0. The van der Waals surface area contributed by atoms with Gasteiger partial charge in [-0.15, -0.1) is 11.3 Å². The number of halogens is 1. The van der Waals surface area contributed by atoms with Crippen LogP contribution in [-0.4, -0.2) is 4.98 Å². The summed E-state index contributed by atoms with van der Waals surface area (Å²) in [6, 6.07) is 11.7. The molecule has 0 radical (unpaired) electrons. The Hall–Kier alpha value is -1.93. The predicted octanol–water partition coefficient (Wildman–Crippen LogP) is 5.59. The molecule has 102 valence electrons. The number of allylic oxidation sites excluding steroid dienone is 1. The fourth-order valence-corrected chi connectivity index (χ4v) is 3.35. The van der Waals surface area contributed by atoms with Crippen molar-refractivity contribution in [3.63, 3.8) is 0 Å². The van der Waals surface area contributed by atoms with Gasteiger partial charge in [0.2, 0.25) is 0 Å². The van der Waals surface area contributed by atoms with E-state index < -0.39 is 0 Å². The van der Waals surface area contributed by atoms with Crippen LogP contribution < -0.4 is 0 Å². The van der Waals surface area contributed by atoms with Crippen molar-refractivity contribution in [3.8, 4) is 17.3 Å². The van der Waals surface area contributed by atoms with Gasteiger partial charge in [-0.3, -0.25) is 0 Å². The number of hydrogen-bond acceptors (Lipinski definition) is 4. The Bertz CT molecular complexity index is 809. The molecule has 5 heteroatoms. The zero-order valence-electron chi connectivity index (χ0n) is 10.8. The number of benzene rings is 1. The van der Waals surface area contributed by atoms with Gasteiger partial charge in [-0.2, -0.15) is 16.6 Å². The summed E-state index contributed by atoms with van der Waals surface area (Å²) >= 11 is 8.97. The molecule has 0 unspecified atom stereocenters. The van der Waals surface area contributed by atoms with Crippen LogP contribution in [-0.2, 0) is 0 Å². The molecule has 0 bridgehead atoms. The second-order valence-corrected chi connectivity index (χ2v) is 6.35. The monoisotopic (exact) mass is 328 g/mol. The third-order valence-corrected chi connectivity index (χ3v) is 4.68. The molecular weight excluding hydrogens is 320 g/mol. The Labute approximate surface area is 135 Å². The number of thiophene rings is 1. The molecule has 0 N–H and O–H groups in total. The molecule has 0 fully saturated rings. The fraction of sp³-hybridized carbons (Fsp3) is 0. The van der Waals surface area contributed by atoms with Gasteiger partial charge in [0.25, 0.3) is 0 Å². The van der Waals surface area contributed by atoms with Crippen molar-refractivity contribution < 1.29 is 0 Å². The molecule has 0 saturated carbocycles. The first-order valence-corrected chi connectivity index (χ1v) is 8.32. The SMILES string of the molecule is N#C/C(=C\c1ccsc1)c1nc(-c2ccc(Cl)cc2)cs1. The third kappa shape index (κ3) is 3.22. The Morgan fingerprint density at radius 3 is 2.67 bits per heavy atom. The minimum atomic E-state index is 0.582. The molecule has 0 amide bonds. The van der Waals surface area contributed by atoms with Gasteiger partial charge < -0.3 is 0 Å². The van der Waals surface area contributed by atoms with Crippen molar-refractivity contribution in [2.75, 3.05) is 0 Å². The van der Waals surface area contributed by atoms with Crippen molar-refractivity contribution in [3.05, 3.63) is 62.1 Å². The van der Waals surface area contributed by atoms with Crippen LogP contribution in [0.3, 0.4) is 0 Å². The summed E-state index contributed by atoms with van der Waals surface area (Å²) in [5.74, 6) is 0. The van der Waals surface area contributed by atoms with Crippen LogP contribution in [0.5, 0.6) is 0 Å². The van der Waals surface area contributed by atoms with E-state index in [4.69, 9.17) is 11.6 Å². The minimum absolute atomic E-state index is 0.582. The Balaban J connectivity index is 1.94. The zero-order valence-corrected chi connectivity index (χ0v) is 13.2. The summed E-state index contributed by atoms with van der Waals surface area (Å²) < 4.78 is 0. The van der Waals surface area contributed by atoms with Crippen LogP contribution in [0.4, 0.5) is 0 Å². The zero-order chi connectivity index (χ0) is 14.7. The number of aromatic nitrogens is 1. The average molecular weight is 329 g/mol. The van der Waals surface area contributed by atoms with Crippen LogP contribution in [0.15, 0.2) is 46.5 Å². The van der Waals surface area contributed by atoms with Crippen molar-refractivity contribution >= 4 is 45.9 Å². The molecule has 0 aliphatic rings. The maximum atomic E-state index is 9.33. The van der Waals surface area contributed by atoms with E-state index in [9.17, 15) is 5.26 Å². The second-order valence-electron chi connectivity index (χ2n) is 4.27. The Kier molecular flexibility index (Phi) is 4.16. The fourth-order valence-electron chi connectivity index (χ4n) is 1.82. The highest BCUT2D eigenvalue weighted by molar-refractivity contribution is 7.11. The lowest BCUT2D eigenvalue weighted by atomic mass is 10.2. The van der Waals surface area contributed by atoms with E-state index in [2.05, 4.69) is 11.1 Å². The summed E-state index contributed by atoms with van der Waals surface area (Å²) in [5.41, 5.74) is 3.46. The number of nitrogens with zero attached hydrogens (tertiary/aromatic N) is 2. The van der Waals surface area contributed by atoms with Crippen molar-refractivity contribution in [1.82, 2.24) is 4.98 Å². The molecule has 1 aromatic carbocycles. The molecule has 0 aliphatic heterocycles. The molecule has 0 atom stereocenters. The molecule has 0 aliphatic carbocycles. The van der Waals surface area contributed by atoms with E-state index in [1.807, 2.05) is 52.5 Å². The standard InChI is InChI=1S/C16H9ClN2S2/c17-14-3-1-12(2-4-14)15-10-21-16(19-15)13(8-18)7-11-5-6-20-9-11/h1-7,9-10H/b13-7+. The molecule has 21 heavy (non-hydrogen) atoms. The highest BCUT2D eigenvalue weighted by Crippen LogP contribution is 2.28. The van der Waals surface area contributed by atoms with E-state index in [1.54, 1.807) is 11.3 Å². The van der Waals surface area contributed by atoms with Crippen LogP contribution in [0.25, 0.3) is 22.9 Å². The average Bonchev–Trinajstić information content (AvgIpc) is 3.17. The quantitative estimate of drug-likeness (QED) is 0.588. The summed E-state index contributed by atoms with van der Waals surface area (Å²) in [4.78, 5) is 4.55. The molecule has 2 nitrogen and oxygen atoms in total. The smallest absolute Gasteiger partial charge is 0.134 e. The highest BCUT2D eigenvalue weighted by Gasteiger charge is 2.09. The molecule has 3 aromatic rings. The molecule has 0 saturated heterocycles. The summed E-state index contributed by atoms with van der Waals surface area (Å²) in [6.45, 7) is 0. The lowest BCUT2D eigenvalue weighted by molar-refractivity contribution is 1.37. The number of rotatable bonds is 3. The Morgan fingerprint density at radius 1 is 1.19 bits per heavy atom. The molecule has 3 rings (SSSR count). The number of thiazole rings is 1. The van der Waals surface area contributed by atoms with Crippen LogP contribution in [0.1, 0.15) is 10.6 Å². The molecule has 0 spiro atoms. The van der Waals surface area contributed by atoms with Crippen molar-refractivity contribution in [2.45, 2.75) is 0 Å². The van der Waals surface area contributed by atoms with E-state index >= 15 is 0 Å². The minimum Gasteiger partial charge on any atom is -0.235 e. The molecular formula is C16H9ClN2S2. The molecule has 2 heterocycles. The van der Waals surface area contributed by atoms with Gasteiger partial charge in [-0.1, -0.05) is 23.7 Å². The van der Waals surface area contributed by atoms with Gasteiger partial charge in [0.15, 0.2) is 0 Å². The van der Waals surface area contributed by atoms with Gasteiger partial charge >= 0.3 is 0 Å². The van der Waals surface area contributed by atoms with Crippen LogP contribution >= 0.6 is 34.3 Å². The summed E-state index contributed by atoms with van der Waals surface area (Å²) in [7, 11) is 0. The lowest BCUT2D eigenvalue weighted by Gasteiger charge is -1.96. The third-order valence-electron chi connectivity index (χ3n) is 2.85. The van der Waals surface area contributed by atoms with Gasteiger partial charge in [0.1, 0.15) is 11.1 Å². The molecule has 2 aromatic heterocycles. The summed E-state index contributed by atoms with van der Waals surface area (Å²) in [6.07, 6.45) is 1.86. The normalized spacial score (nSPS) is 11.3. The largest absolute Gasteiger partial charge is 0.235 e. The maximum Gasteiger partial charge on any atom is 0.134 e. The summed E-state index contributed by atoms with van der Waals surface area (Å²) in [5, 5.41) is 16.7. The van der Waals surface area contributed by atoms with Gasteiger partial charge in [0, 0.05) is 16.0 Å².